The van der Waals surface area contributed by atoms with Gasteiger partial charge in [0, 0.05) is 19.0 Å². The van der Waals surface area contributed by atoms with Gasteiger partial charge in [0.1, 0.15) is 5.82 Å². The van der Waals surface area contributed by atoms with E-state index in [0.717, 1.165) is 36.9 Å². The molecule has 0 unspecified atom stereocenters. The summed E-state index contributed by atoms with van der Waals surface area (Å²) in [7, 11) is 0. The number of ether oxygens (including phenoxy) is 1. The highest BCUT2D eigenvalue weighted by molar-refractivity contribution is 6.42. The van der Waals surface area contributed by atoms with Crippen molar-refractivity contribution in [1.82, 2.24) is 4.90 Å². The maximum absolute atomic E-state index is 14.3. The topological polar surface area (TPSA) is 70.0 Å². The van der Waals surface area contributed by atoms with Crippen molar-refractivity contribution < 1.29 is 24.1 Å². The molecule has 5 nitrogen and oxygen atoms in total. The number of hydrogen-bond donors (Lipinski definition) is 2. The Morgan fingerprint density at radius 3 is 2.71 bits per heavy atom. The van der Waals surface area contributed by atoms with Crippen LogP contribution in [0.2, 0.25) is 10.0 Å². The van der Waals surface area contributed by atoms with Crippen molar-refractivity contribution in [3.63, 3.8) is 0 Å². The first kappa shape index (κ1) is 27.9. The third-order valence-electron chi connectivity index (χ3n) is 6.64. The Bertz CT molecular complexity index is 1020. The van der Waals surface area contributed by atoms with E-state index in [0.29, 0.717) is 46.6 Å². The van der Waals surface area contributed by atoms with E-state index in [1.807, 2.05) is 25.1 Å². The molecule has 2 aromatic rings. The van der Waals surface area contributed by atoms with Gasteiger partial charge in [-0.05, 0) is 86.0 Å². The van der Waals surface area contributed by atoms with Gasteiger partial charge in [-0.15, -0.1) is 0 Å². The molecule has 0 aromatic heterocycles. The van der Waals surface area contributed by atoms with Crippen molar-refractivity contribution in [2.45, 2.75) is 70.6 Å². The molecular weight excluding hydrogens is 492 g/mol. The molecule has 0 amide bonds. The van der Waals surface area contributed by atoms with Crippen LogP contribution < -0.4 is 0 Å². The minimum atomic E-state index is -0.900. The van der Waals surface area contributed by atoms with E-state index in [1.54, 1.807) is 13.0 Å². The summed E-state index contributed by atoms with van der Waals surface area (Å²) in [5.41, 5.74) is 3.02. The lowest BCUT2D eigenvalue weighted by atomic mass is 9.95. The van der Waals surface area contributed by atoms with E-state index < -0.39 is 18.2 Å². The molecule has 1 saturated heterocycles. The summed E-state index contributed by atoms with van der Waals surface area (Å²) in [5.74, 6) is -1.24. The Morgan fingerprint density at radius 1 is 1.26 bits per heavy atom. The lowest BCUT2D eigenvalue weighted by Crippen LogP contribution is -2.39. The van der Waals surface area contributed by atoms with Gasteiger partial charge in [0.2, 0.25) is 0 Å². The molecular formula is C27H34Cl2FNO4. The summed E-state index contributed by atoms with van der Waals surface area (Å²) >= 11 is 12.2. The fourth-order valence-corrected chi connectivity index (χ4v) is 5.12. The highest BCUT2D eigenvalue weighted by atomic mass is 35.5. The van der Waals surface area contributed by atoms with Gasteiger partial charge in [-0.25, -0.2) is 4.39 Å². The van der Waals surface area contributed by atoms with Crippen LogP contribution in [0.5, 0.6) is 0 Å². The van der Waals surface area contributed by atoms with Crippen molar-refractivity contribution in [2.75, 3.05) is 19.7 Å². The number of benzene rings is 2. The molecule has 2 N–H and O–H groups in total. The molecule has 0 bridgehead atoms. The second kappa shape index (κ2) is 13.0. The molecule has 2 aromatic carbocycles. The summed E-state index contributed by atoms with van der Waals surface area (Å²) in [6.45, 7) is 5.10. The quantitative estimate of drug-likeness (QED) is 0.356. The van der Waals surface area contributed by atoms with Crippen LogP contribution in [0.15, 0.2) is 30.3 Å². The number of aliphatic hydroxyl groups excluding tert-OH is 1. The van der Waals surface area contributed by atoms with E-state index in [2.05, 4.69) is 4.90 Å². The molecule has 0 saturated carbocycles. The Balaban J connectivity index is 1.60. The highest BCUT2D eigenvalue weighted by Crippen LogP contribution is 2.29. The number of aliphatic hydroxyl groups is 1. The third-order valence-corrected chi connectivity index (χ3v) is 7.37. The smallest absolute Gasteiger partial charge is 0.303 e. The number of aryl methyl sites for hydroxylation is 2. The first-order chi connectivity index (χ1) is 16.7. The maximum atomic E-state index is 14.3. The van der Waals surface area contributed by atoms with Crippen LogP contribution in [0.25, 0.3) is 0 Å². The van der Waals surface area contributed by atoms with Gasteiger partial charge >= 0.3 is 5.97 Å². The number of aliphatic carboxylic acids is 1. The number of likely N-dealkylation sites (tertiary alicyclic amines) is 1. The zero-order valence-corrected chi connectivity index (χ0v) is 21.8. The number of carbonyl (C=O) groups is 1. The van der Waals surface area contributed by atoms with Crippen molar-refractivity contribution in [2.24, 2.45) is 0 Å². The first-order valence-electron chi connectivity index (χ1n) is 12.2. The summed E-state index contributed by atoms with van der Waals surface area (Å²) in [5, 5.41) is 20.9. The molecule has 35 heavy (non-hydrogen) atoms. The largest absolute Gasteiger partial charge is 0.481 e. The van der Waals surface area contributed by atoms with E-state index in [9.17, 15) is 14.3 Å². The van der Waals surface area contributed by atoms with Gasteiger partial charge in [0.15, 0.2) is 0 Å². The minimum absolute atomic E-state index is 0.0354. The van der Waals surface area contributed by atoms with Gasteiger partial charge in [-0.2, -0.15) is 0 Å². The van der Waals surface area contributed by atoms with Crippen LogP contribution in [0.4, 0.5) is 4.39 Å². The van der Waals surface area contributed by atoms with Crippen molar-refractivity contribution in [1.29, 1.82) is 0 Å². The second-order valence-corrected chi connectivity index (χ2v) is 10.1. The predicted octanol–water partition coefficient (Wildman–Crippen LogP) is 5.99. The van der Waals surface area contributed by atoms with E-state index in [4.69, 9.17) is 33.0 Å². The summed E-state index contributed by atoms with van der Waals surface area (Å²) in [6, 6.07) is 9.14. The highest BCUT2D eigenvalue weighted by Gasteiger charge is 2.27. The summed E-state index contributed by atoms with van der Waals surface area (Å²) in [4.78, 5) is 13.4. The number of carboxylic acid groups (broad SMARTS) is 1. The SMILES string of the molecule is CC[C@@H](OC[C@H](O)CN1CCC[C@H]1Cc1ccc(Cl)c(Cl)c1)c1cc(F)c(C)cc1CCC(=O)O. The molecule has 1 heterocycles. The third kappa shape index (κ3) is 7.89. The molecule has 0 radical (unpaired) electrons. The monoisotopic (exact) mass is 525 g/mol. The lowest BCUT2D eigenvalue weighted by molar-refractivity contribution is -0.136. The normalized spacial score (nSPS) is 18.1. The van der Waals surface area contributed by atoms with Crippen LogP contribution in [-0.4, -0.2) is 52.9 Å². The minimum Gasteiger partial charge on any atom is -0.481 e. The number of carboxylic acids is 1. The van der Waals surface area contributed by atoms with Gasteiger partial charge in [-0.1, -0.05) is 42.3 Å². The zero-order chi connectivity index (χ0) is 25.5. The first-order valence-corrected chi connectivity index (χ1v) is 12.9. The Morgan fingerprint density at radius 2 is 2.03 bits per heavy atom. The van der Waals surface area contributed by atoms with Crippen molar-refractivity contribution in [3.05, 3.63) is 68.4 Å². The molecule has 1 aliphatic heterocycles. The molecule has 192 valence electrons. The van der Waals surface area contributed by atoms with Crippen LogP contribution in [0.3, 0.4) is 0 Å². The van der Waals surface area contributed by atoms with Crippen molar-refractivity contribution in [3.8, 4) is 0 Å². The van der Waals surface area contributed by atoms with Gasteiger partial charge in [0.05, 0.1) is 28.9 Å². The van der Waals surface area contributed by atoms with E-state index >= 15 is 0 Å². The summed E-state index contributed by atoms with van der Waals surface area (Å²) < 4.78 is 20.4. The molecule has 3 atom stereocenters. The fraction of sp³-hybridized carbons (Fsp3) is 0.519. The number of β-amino-alcohol motifs (C(OH)–C–C–N with tert-alkyl or cyclic N) is 1. The number of rotatable bonds is 12. The molecule has 1 aliphatic rings. The van der Waals surface area contributed by atoms with Crippen LogP contribution in [-0.2, 0) is 22.4 Å². The predicted molar refractivity (Wildman–Crippen MR) is 137 cm³/mol. The second-order valence-electron chi connectivity index (χ2n) is 9.32. The number of nitrogens with zero attached hydrogens (tertiary/aromatic N) is 1. The number of halogens is 3. The van der Waals surface area contributed by atoms with Gasteiger partial charge in [-0.3, -0.25) is 9.69 Å². The lowest BCUT2D eigenvalue weighted by Gasteiger charge is -2.28. The van der Waals surface area contributed by atoms with Gasteiger partial charge < -0.3 is 14.9 Å². The molecule has 8 heteroatoms. The standard InChI is InChI=1S/C27H34Cl2FNO4/c1-3-26(22-14-25(30)17(2)11-19(22)7-9-27(33)34)35-16-21(32)15-31-10-4-5-20(31)12-18-6-8-23(28)24(29)13-18/h6,8,11,13-14,20-21,26,32H,3-5,7,9-10,12,15-16H2,1-2H3,(H,33,34)/t20-,21+,26+/m0/s1. The average Bonchev–Trinajstić information content (AvgIpc) is 3.23. The van der Waals surface area contributed by atoms with Crippen molar-refractivity contribution >= 4 is 29.2 Å². The van der Waals surface area contributed by atoms with Crippen LogP contribution >= 0.6 is 23.2 Å². The van der Waals surface area contributed by atoms with Gasteiger partial charge in [0.25, 0.3) is 0 Å². The average molecular weight is 526 g/mol. The molecule has 3 rings (SSSR count). The van der Waals surface area contributed by atoms with Crippen LogP contribution in [0, 0.1) is 12.7 Å². The molecule has 0 spiro atoms. The summed E-state index contributed by atoms with van der Waals surface area (Å²) in [6.07, 6.45) is 2.67. The Hall–Kier alpha value is -1.70. The fourth-order valence-electron chi connectivity index (χ4n) is 4.80. The maximum Gasteiger partial charge on any atom is 0.303 e. The van der Waals surface area contributed by atoms with Crippen LogP contribution in [0.1, 0.15) is 61.0 Å². The number of hydrogen-bond acceptors (Lipinski definition) is 4. The Labute approximate surface area is 216 Å². The zero-order valence-electron chi connectivity index (χ0n) is 20.3. The van der Waals surface area contributed by atoms with E-state index in [-0.39, 0.29) is 18.8 Å². The molecule has 1 fully saturated rings. The Kier molecular flexibility index (Phi) is 10.4. The van der Waals surface area contributed by atoms with E-state index in [1.165, 1.54) is 6.07 Å². The molecule has 0 aliphatic carbocycles.